The normalized spacial score (nSPS) is 19.5. The molecule has 1 aromatic heterocycles. The van der Waals surface area contributed by atoms with Gasteiger partial charge in [-0.25, -0.2) is 0 Å². The fourth-order valence-corrected chi connectivity index (χ4v) is 3.21. The summed E-state index contributed by atoms with van der Waals surface area (Å²) in [6.45, 7) is 2.36. The number of fused-ring (bicyclic) bond motifs is 1. The highest BCUT2D eigenvalue weighted by atomic mass is 35.5. The van der Waals surface area contributed by atoms with Crippen LogP contribution in [0, 0.1) is 5.92 Å². The number of nitrogens with one attached hydrogen (secondary N) is 2. The van der Waals surface area contributed by atoms with Crippen molar-refractivity contribution >= 4 is 18.3 Å². The predicted molar refractivity (Wildman–Crippen MR) is 88.6 cm³/mol. The van der Waals surface area contributed by atoms with Gasteiger partial charge in [0.2, 0.25) is 0 Å². The van der Waals surface area contributed by atoms with E-state index in [0.717, 1.165) is 49.8 Å². The third-order valence-corrected chi connectivity index (χ3v) is 4.88. The number of pyridine rings is 1. The van der Waals surface area contributed by atoms with Crippen LogP contribution < -0.4 is 16.6 Å². The molecule has 3 rings (SSSR count). The molecule has 1 saturated carbocycles. The van der Waals surface area contributed by atoms with E-state index in [-0.39, 0.29) is 29.4 Å². The van der Waals surface area contributed by atoms with Crippen LogP contribution in [0.2, 0.25) is 0 Å². The lowest BCUT2D eigenvalue weighted by Crippen LogP contribution is -2.54. The maximum absolute atomic E-state index is 12.5. The van der Waals surface area contributed by atoms with Crippen molar-refractivity contribution in [2.75, 3.05) is 6.54 Å². The molecular weight excluding hydrogens is 302 g/mol. The largest absolute Gasteiger partial charge is 0.345 e. The van der Waals surface area contributed by atoms with Gasteiger partial charge in [0.05, 0.1) is 5.54 Å². The SMILES string of the molecule is CC(CN)(NC(=O)c1cc2c([nH]c1=O)CCCC2)C1CC1.Cl. The second kappa shape index (κ2) is 6.42. The molecule has 1 amide bonds. The Balaban J connectivity index is 0.00000176. The van der Waals surface area contributed by atoms with Crippen LogP contribution >= 0.6 is 12.4 Å². The number of carbonyl (C=O) groups excluding carboxylic acids is 1. The number of H-pyrrole nitrogens is 1. The van der Waals surface area contributed by atoms with Gasteiger partial charge in [0.15, 0.2) is 0 Å². The summed E-state index contributed by atoms with van der Waals surface area (Å²) in [6, 6.07) is 1.77. The summed E-state index contributed by atoms with van der Waals surface area (Å²) in [5.74, 6) is 0.132. The molecule has 0 saturated heterocycles. The minimum absolute atomic E-state index is 0. The molecule has 0 bridgehead atoms. The number of halogens is 1. The molecule has 1 unspecified atom stereocenters. The van der Waals surface area contributed by atoms with Crippen LogP contribution in [0.25, 0.3) is 0 Å². The molecule has 1 fully saturated rings. The van der Waals surface area contributed by atoms with Crippen LogP contribution in [-0.2, 0) is 12.8 Å². The van der Waals surface area contributed by atoms with E-state index < -0.39 is 5.54 Å². The molecule has 1 heterocycles. The quantitative estimate of drug-likeness (QED) is 0.784. The Morgan fingerprint density at radius 3 is 2.73 bits per heavy atom. The molecule has 122 valence electrons. The van der Waals surface area contributed by atoms with Crippen LogP contribution in [0.5, 0.6) is 0 Å². The zero-order valence-electron chi connectivity index (χ0n) is 12.9. The van der Waals surface area contributed by atoms with Gasteiger partial charge in [0.25, 0.3) is 11.5 Å². The van der Waals surface area contributed by atoms with Crippen molar-refractivity contribution in [2.45, 2.75) is 51.0 Å². The molecule has 6 heteroatoms. The van der Waals surface area contributed by atoms with E-state index in [1.165, 1.54) is 0 Å². The minimum atomic E-state index is -0.403. The lowest BCUT2D eigenvalue weighted by molar-refractivity contribution is 0.0896. The number of carbonyl (C=O) groups is 1. The first-order valence-electron chi connectivity index (χ1n) is 7.81. The van der Waals surface area contributed by atoms with Gasteiger partial charge >= 0.3 is 0 Å². The van der Waals surface area contributed by atoms with Crippen LogP contribution in [0.4, 0.5) is 0 Å². The molecule has 2 aliphatic carbocycles. The molecule has 0 aliphatic heterocycles. The van der Waals surface area contributed by atoms with Crippen molar-refractivity contribution < 1.29 is 4.79 Å². The number of aromatic nitrogens is 1. The van der Waals surface area contributed by atoms with Gasteiger partial charge in [-0.05, 0) is 63.0 Å². The van der Waals surface area contributed by atoms with Crippen molar-refractivity contribution in [2.24, 2.45) is 11.7 Å². The second-order valence-electron chi connectivity index (χ2n) is 6.57. The summed E-state index contributed by atoms with van der Waals surface area (Å²) in [5, 5.41) is 2.99. The van der Waals surface area contributed by atoms with Gasteiger partial charge in [-0.3, -0.25) is 9.59 Å². The average molecular weight is 326 g/mol. The van der Waals surface area contributed by atoms with Crippen molar-refractivity contribution in [3.8, 4) is 0 Å². The van der Waals surface area contributed by atoms with Crippen LogP contribution in [0.15, 0.2) is 10.9 Å². The van der Waals surface area contributed by atoms with Crippen molar-refractivity contribution in [1.82, 2.24) is 10.3 Å². The van der Waals surface area contributed by atoms with Crippen LogP contribution in [0.3, 0.4) is 0 Å². The van der Waals surface area contributed by atoms with Gasteiger partial charge in [-0.1, -0.05) is 0 Å². The molecule has 0 radical (unpaired) electrons. The molecule has 2 aliphatic rings. The van der Waals surface area contributed by atoms with Gasteiger partial charge < -0.3 is 16.0 Å². The number of amides is 1. The molecule has 0 aromatic carbocycles. The van der Waals surface area contributed by atoms with Crippen molar-refractivity contribution in [3.63, 3.8) is 0 Å². The number of aryl methyl sites for hydroxylation is 2. The number of rotatable bonds is 4. The van der Waals surface area contributed by atoms with Crippen LogP contribution in [-0.4, -0.2) is 23.0 Å². The summed E-state index contributed by atoms with van der Waals surface area (Å²) in [6.07, 6.45) is 6.23. The number of nitrogens with two attached hydrogens (primary N) is 1. The highest BCUT2D eigenvalue weighted by molar-refractivity contribution is 5.94. The second-order valence-corrected chi connectivity index (χ2v) is 6.57. The Morgan fingerprint density at radius 1 is 1.41 bits per heavy atom. The molecule has 0 spiro atoms. The highest BCUT2D eigenvalue weighted by Crippen LogP contribution is 2.39. The van der Waals surface area contributed by atoms with E-state index in [1.54, 1.807) is 6.07 Å². The molecular formula is C16H24ClN3O2. The first kappa shape index (κ1) is 17.0. The van der Waals surface area contributed by atoms with Crippen LogP contribution in [0.1, 0.15) is 54.2 Å². The van der Waals surface area contributed by atoms with E-state index in [9.17, 15) is 9.59 Å². The van der Waals surface area contributed by atoms with Crippen molar-refractivity contribution in [1.29, 1.82) is 0 Å². The predicted octanol–water partition coefficient (Wildman–Crippen LogP) is 1.53. The summed E-state index contributed by atoms with van der Waals surface area (Å²) in [4.78, 5) is 27.5. The van der Waals surface area contributed by atoms with E-state index in [2.05, 4.69) is 10.3 Å². The lowest BCUT2D eigenvalue weighted by Gasteiger charge is -2.29. The number of hydrogen-bond donors (Lipinski definition) is 3. The maximum atomic E-state index is 12.5. The molecule has 4 N–H and O–H groups in total. The first-order valence-corrected chi connectivity index (χ1v) is 7.81. The maximum Gasteiger partial charge on any atom is 0.261 e. The average Bonchev–Trinajstić information content (AvgIpc) is 3.31. The summed E-state index contributed by atoms with van der Waals surface area (Å²) in [7, 11) is 0. The Bertz CT molecular complexity index is 624. The van der Waals surface area contributed by atoms with Gasteiger partial charge in [-0.2, -0.15) is 0 Å². The Hall–Kier alpha value is -1.33. The zero-order chi connectivity index (χ0) is 15.0. The van der Waals surface area contributed by atoms with Gasteiger partial charge in [-0.15, -0.1) is 12.4 Å². The zero-order valence-corrected chi connectivity index (χ0v) is 13.7. The Morgan fingerprint density at radius 2 is 2.09 bits per heavy atom. The fraction of sp³-hybridized carbons (Fsp3) is 0.625. The first-order chi connectivity index (χ1) is 10.0. The summed E-state index contributed by atoms with van der Waals surface area (Å²) < 4.78 is 0. The third-order valence-electron chi connectivity index (χ3n) is 4.88. The molecule has 5 nitrogen and oxygen atoms in total. The lowest BCUT2D eigenvalue weighted by atomic mass is 9.93. The van der Waals surface area contributed by atoms with Crippen molar-refractivity contribution in [3.05, 3.63) is 33.2 Å². The Labute approximate surface area is 136 Å². The van der Waals surface area contributed by atoms with E-state index in [4.69, 9.17) is 5.73 Å². The van der Waals surface area contributed by atoms with E-state index >= 15 is 0 Å². The van der Waals surface area contributed by atoms with Gasteiger partial charge in [0.1, 0.15) is 5.56 Å². The van der Waals surface area contributed by atoms with E-state index in [0.29, 0.717) is 12.5 Å². The molecule has 1 atom stereocenters. The number of aromatic amines is 1. The molecule has 1 aromatic rings. The summed E-state index contributed by atoms with van der Waals surface area (Å²) in [5.41, 5.74) is 7.44. The Kier molecular flexibility index (Phi) is 4.97. The monoisotopic (exact) mass is 325 g/mol. The third kappa shape index (κ3) is 3.20. The number of hydrogen-bond acceptors (Lipinski definition) is 3. The highest BCUT2D eigenvalue weighted by Gasteiger charge is 2.41. The fourth-order valence-electron chi connectivity index (χ4n) is 3.21. The topological polar surface area (TPSA) is 88.0 Å². The summed E-state index contributed by atoms with van der Waals surface area (Å²) >= 11 is 0. The van der Waals surface area contributed by atoms with Gasteiger partial charge in [0, 0.05) is 12.2 Å². The molecule has 22 heavy (non-hydrogen) atoms. The van der Waals surface area contributed by atoms with E-state index in [1.807, 2.05) is 6.92 Å². The minimum Gasteiger partial charge on any atom is -0.345 e. The standard InChI is InChI=1S/C16H23N3O2.ClH/c1-16(9-17,11-6-7-11)19-15(21)12-8-10-4-2-3-5-13(10)18-14(12)20;/h8,11H,2-7,9,17H2,1H3,(H,18,20)(H,19,21);1H. The smallest absolute Gasteiger partial charge is 0.261 e.